The molecule has 0 aliphatic heterocycles. The predicted molar refractivity (Wildman–Crippen MR) is 68.9 cm³/mol. The molecule has 1 atom stereocenters. The lowest BCUT2D eigenvalue weighted by atomic mass is 10.1. The van der Waals surface area contributed by atoms with Crippen LogP contribution in [0.25, 0.3) is 0 Å². The molecular weight excluding hydrogens is 258 g/mol. The Labute approximate surface area is 108 Å². The van der Waals surface area contributed by atoms with Crippen molar-refractivity contribution >= 4 is 16.1 Å². The van der Waals surface area contributed by atoms with Gasteiger partial charge < -0.3 is 9.64 Å². The molecule has 6 nitrogen and oxygen atoms in total. The summed E-state index contributed by atoms with van der Waals surface area (Å²) in [5.74, 6) is -0.758. The Hall–Kier alpha value is -0.920. The minimum absolute atomic E-state index is 0.0788. The van der Waals surface area contributed by atoms with Gasteiger partial charge in [-0.05, 0) is 33.9 Å². The number of esters is 1. The third-order valence-electron chi connectivity index (χ3n) is 2.47. The summed E-state index contributed by atoms with van der Waals surface area (Å²) >= 11 is 0. The molecule has 0 aromatic heterocycles. The van der Waals surface area contributed by atoms with Gasteiger partial charge in [0.2, 0.25) is 0 Å². The lowest BCUT2D eigenvalue weighted by molar-refractivity contribution is -0.139. The first-order chi connectivity index (χ1) is 8.13. The Balaban J connectivity index is 4.14. The molecule has 7 heteroatoms. The van der Waals surface area contributed by atoms with Crippen LogP contribution >= 0.6 is 0 Å². The highest BCUT2D eigenvalue weighted by Crippen LogP contribution is 2.07. The Morgan fingerprint density at radius 3 is 2.33 bits per heavy atom. The van der Waals surface area contributed by atoms with Crippen LogP contribution in [0.5, 0.6) is 0 Å². The summed E-state index contributed by atoms with van der Waals surface area (Å²) in [5.41, 5.74) is 0.328. The van der Waals surface area contributed by atoms with Gasteiger partial charge in [-0.1, -0.05) is 6.58 Å². The van der Waals surface area contributed by atoms with Crippen molar-refractivity contribution in [3.8, 4) is 0 Å². The topological polar surface area (TPSA) is 83.9 Å². The van der Waals surface area contributed by atoms with Gasteiger partial charge in [-0.25, -0.2) is 4.79 Å². The standard InChI is InChI=1S/C11H21NO5S/c1-9(2)11(13)17-7-5-10(12(3)4)6-8-18(14,15)16/h10H,1,5-8H2,2-4H3,(H,14,15,16). The molecule has 1 N–H and O–H groups in total. The van der Waals surface area contributed by atoms with Crippen LogP contribution < -0.4 is 0 Å². The largest absolute Gasteiger partial charge is 0.462 e. The average molecular weight is 279 g/mol. The second kappa shape index (κ2) is 7.50. The van der Waals surface area contributed by atoms with Gasteiger partial charge in [-0.15, -0.1) is 0 Å². The molecule has 0 radical (unpaired) electrons. The van der Waals surface area contributed by atoms with Gasteiger partial charge in [0.1, 0.15) is 0 Å². The van der Waals surface area contributed by atoms with E-state index in [1.165, 1.54) is 0 Å². The molecule has 0 spiro atoms. The first-order valence-electron chi connectivity index (χ1n) is 5.57. The summed E-state index contributed by atoms with van der Waals surface area (Å²) in [6.07, 6.45) is 0.790. The fourth-order valence-electron chi connectivity index (χ4n) is 1.36. The van der Waals surface area contributed by atoms with Crippen molar-refractivity contribution in [2.24, 2.45) is 0 Å². The summed E-state index contributed by atoms with van der Waals surface area (Å²) in [7, 11) is -0.354. The maximum Gasteiger partial charge on any atom is 0.333 e. The van der Waals surface area contributed by atoms with Crippen molar-refractivity contribution in [2.75, 3.05) is 26.5 Å². The van der Waals surface area contributed by atoms with Crippen molar-refractivity contribution < 1.29 is 22.5 Å². The third kappa shape index (κ3) is 8.21. The van der Waals surface area contributed by atoms with Gasteiger partial charge in [0.25, 0.3) is 10.1 Å². The Kier molecular flexibility index (Phi) is 7.12. The van der Waals surface area contributed by atoms with E-state index in [2.05, 4.69) is 6.58 Å². The average Bonchev–Trinajstić information content (AvgIpc) is 2.20. The number of hydrogen-bond donors (Lipinski definition) is 1. The first kappa shape index (κ1) is 17.1. The van der Waals surface area contributed by atoms with E-state index in [9.17, 15) is 13.2 Å². The SMILES string of the molecule is C=C(C)C(=O)OCCC(CCS(=O)(=O)O)N(C)C. The highest BCUT2D eigenvalue weighted by atomic mass is 32.2. The Bertz CT molecular complexity index is 388. The Morgan fingerprint density at radius 2 is 1.94 bits per heavy atom. The highest BCUT2D eigenvalue weighted by Gasteiger charge is 2.16. The molecule has 0 fully saturated rings. The van der Waals surface area contributed by atoms with Gasteiger partial charge in [0, 0.05) is 11.6 Å². The normalized spacial score (nSPS) is 13.4. The van der Waals surface area contributed by atoms with E-state index >= 15 is 0 Å². The molecule has 0 rings (SSSR count). The number of rotatable bonds is 8. The number of carbonyl (C=O) groups excluding carboxylic acids is 1. The monoisotopic (exact) mass is 279 g/mol. The predicted octanol–water partition coefficient (Wildman–Crippen LogP) is 0.704. The van der Waals surface area contributed by atoms with Gasteiger partial charge in [0.05, 0.1) is 12.4 Å². The molecular formula is C11H21NO5S. The van der Waals surface area contributed by atoms with Crippen molar-refractivity contribution in [1.29, 1.82) is 0 Å². The van der Waals surface area contributed by atoms with E-state index in [0.717, 1.165) is 0 Å². The zero-order chi connectivity index (χ0) is 14.3. The molecule has 0 heterocycles. The molecule has 0 saturated carbocycles. The molecule has 0 aliphatic rings. The number of hydrogen-bond acceptors (Lipinski definition) is 5. The summed E-state index contributed by atoms with van der Waals surface area (Å²) in [6, 6.07) is -0.0788. The van der Waals surface area contributed by atoms with Crippen LogP contribution in [0.4, 0.5) is 0 Å². The van der Waals surface area contributed by atoms with E-state index in [1.807, 2.05) is 4.90 Å². The van der Waals surface area contributed by atoms with Crippen LogP contribution in [-0.4, -0.2) is 56.3 Å². The molecule has 0 bridgehead atoms. The van der Waals surface area contributed by atoms with Crippen molar-refractivity contribution in [3.63, 3.8) is 0 Å². The maximum absolute atomic E-state index is 11.1. The molecule has 1 unspecified atom stereocenters. The quantitative estimate of drug-likeness (QED) is 0.400. The summed E-state index contributed by atoms with van der Waals surface area (Å²) in [5, 5.41) is 0. The lowest BCUT2D eigenvalue weighted by Gasteiger charge is -2.23. The molecule has 0 amide bonds. The van der Waals surface area contributed by atoms with Crippen LogP contribution in [0.15, 0.2) is 12.2 Å². The fourth-order valence-corrected chi connectivity index (χ4v) is 1.93. The van der Waals surface area contributed by atoms with Gasteiger partial charge in [-0.3, -0.25) is 4.55 Å². The van der Waals surface area contributed by atoms with E-state index in [4.69, 9.17) is 9.29 Å². The van der Waals surface area contributed by atoms with Crippen LogP contribution in [0.2, 0.25) is 0 Å². The fraction of sp³-hybridized carbons (Fsp3) is 0.727. The third-order valence-corrected chi connectivity index (χ3v) is 3.22. The van der Waals surface area contributed by atoms with Gasteiger partial charge in [0.15, 0.2) is 0 Å². The molecule has 106 valence electrons. The lowest BCUT2D eigenvalue weighted by Crippen LogP contribution is -2.31. The number of ether oxygens (including phenoxy) is 1. The number of carbonyl (C=O) groups is 1. The molecule has 0 aromatic carbocycles. The summed E-state index contributed by atoms with van der Waals surface area (Å²) in [6.45, 7) is 5.21. The highest BCUT2D eigenvalue weighted by molar-refractivity contribution is 7.85. The summed E-state index contributed by atoms with van der Waals surface area (Å²) < 4.78 is 35.0. The maximum atomic E-state index is 11.1. The van der Waals surface area contributed by atoms with E-state index in [1.54, 1.807) is 21.0 Å². The molecule has 0 saturated heterocycles. The zero-order valence-corrected chi connectivity index (χ0v) is 11.9. The second-order valence-corrected chi connectivity index (χ2v) is 5.97. The van der Waals surface area contributed by atoms with Gasteiger partial charge in [-0.2, -0.15) is 8.42 Å². The second-order valence-electron chi connectivity index (χ2n) is 4.40. The summed E-state index contributed by atoms with van der Waals surface area (Å²) in [4.78, 5) is 13.0. The molecule has 18 heavy (non-hydrogen) atoms. The van der Waals surface area contributed by atoms with Crippen LogP contribution in [0.1, 0.15) is 19.8 Å². The molecule has 0 aliphatic carbocycles. The van der Waals surface area contributed by atoms with Crippen LogP contribution in [-0.2, 0) is 19.6 Å². The number of nitrogens with zero attached hydrogens (tertiary/aromatic N) is 1. The van der Waals surface area contributed by atoms with E-state index in [0.29, 0.717) is 12.0 Å². The smallest absolute Gasteiger partial charge is 0.333 e. The Morgan fingerprint density at radius 1 is 1.39 bits per heavy atom. The van der Waals surface area contributed by atoms with Crippen LogP contribution in [0.3, 0.4) is 0 Å². The molecule has 0 aromatic rings. The van der Waals surface area contributed by atoms with Crippen molar-refractivity contribution in [1.82, 2.24) is 4.90 Å². The van der Waals surface area contributed by atoms with Crippen molar-refractivity contribution in [3.05, 3.63) is 12.2 Å². The first-order valence-corrected chi connectivity index (χ1v) is 7.18. The van der Waals surface area contributed by atoms with Crippen molar-refractivity contribution in [2.45, 2.75) is 25.8 Å². The van der Waals surface area contributed by atoms with Crippen LogP contribution in [0, 0.1) is 0 Å². The van der Waals surface area contributed by atoms with E-state index < -0.39 is 16.1 Å². The van der Waals surface area contributed by atoms with E-state index in [-0.39, 0.29) is 24.8 Å². The zero-order valence-electron chi connectivity index (χ0n) is 11.0. The van der Waals surface area contributed by atoms with Gasteiger partial charge >= 0.3 is 5.97 Å². The minimum Gasteiger partial charge on any atom is -0.462 e. The minimum atomic E-state index is -3.96.